The highest BCUT2D eigenvalue weighted by Gasteiger charge is 2.41. The molecule has 1 fully saturated rings. The van der Waals surface area contributed by atoms with Crippen molar-refractivity contribution in [3.05, 3.63) is 12.2 Å². The summed E-state index contributed by atoms with van der Waals surface area (Å²) >= 11 is 0. The van der Waals surface area contributed by atoms with Crippen molar-refractivity contribution in [2.24, 2.45) is 0 Å². The van der Waals surface area contributed by atoms with E-state index in [-0.39, 0.29) is 11.6 Å². The molecule has 0 saturated heterocycles. The first kappa shape index (κ1) is 12.7. The minimum Gasteiger partial charge on any atom is -0.364 e. The lowest BCUT2D eigenvalue weighted by Crippen LogP contribution is -2.49. The van der Waals surface area contributed by atoms with E-state index in [2.05, 4.69) is 18.8 Å². The van der Waals surface area contributed by atoms with E-state index in [0.29, 0.717) is 5.57 Å². The van der Waals surface area contributed by atoms with Gasteiger partial charge in [0.2, 0.25) is 0 Å². The van der Waals surface area contributed by atoms with Gasteiger partial charge < -0.3 is 15.2 Å². The Morgan fingerprint density at radius 1 is 1.47 bits per heavy atom. The summed E-state index contributed by atoms with van der Waals surface area (Å²) in [7, 11) is 1.93. The van der Waals surface area contributed by atoms with Gasteiger partial charge in [-0.05, 0) is 39.3 Å². The SMILES string of the molecule is C=C(C)C(O)OC1(C(C)NC)CCCC1. The molecule has 0 heterocycles. The number of hydrogen-bond acceptors (Lipinski definition) is 3. The van der Waals surface area contributed by atoms with E-state index < -0.39 is 6.29 Å². The van der Waals surface area contributed by atoms with E-state index >= 15 is 0 Å². The first-order valence-electron chi connectivity index (χ1n) is 5.70. The molecule has 0 bridgehead atoms. The van der Waals surface area contributed by atoms with Crippen molar-refractivity contribution in [2.45, 2.75) is 57.5 Å². The molecule has 1 aliphatic rings. The molecule has 1 saturated carbocycles. The van der Waals surface area contributed by atoms with E-state index in [1.54, 1.807) is 6.92 Å². The van der Waals surface area contributed by atoms with Crippen LogP contribution < -0.4 is 5.32 Å². The fraction of sp³-hybridized carbons (Fsp3) is 0.833. The van der Waals surface area contributed by atoms with Crippen LogP contribution in [0.3, 0.4) is 0 Å². The predicted molar refractivity (Wildman–Crippen MR) is 61.6 cm³/mol. The van der Waals surface area contributed by atoms with Crippen LogP contribution in [0.2, 0.25) is 0 Å². The van der Waals surface area contributed by atoms with Crippen LogP contribution >= 0.6 is 0 Å². The van der Waals surface area contributed by atoms with Crippen molar-refractivity contribution in [3.8, 4) is 0 Å². The Kier molecular flexibility index (Phi) is 4.32. The first-order valence-corrected chi connectivity index (χ1v) is 5.70. The molecule has 0 aromatic rings. The summed E-state index contributed by atoms with van der Waals surface area (Å²) in [5, 5.41) is 13.0. The minimum absolute atomic E-state index is 0.215. The molecule has 0 amide bonds. The van der Waals surface area contributed by atoms with Gasteiger partial charge in [-0.2, -0.15) is 0 Å². The van der Waals surface area contributed by atoms with Gasteiger partial charge in [-0.15, -0.1) is 0 Å². The Morgan fingerprint density at radius 3 is 2.40 bits per heavy atom. The Balaban J connectivity index is 2.69. The van der Waals surface area contributed by atoms with Gasteiger partial charge in [0.1, 0.15) is 0 Å². The van der Waals surface area contributed by atoms with Crippen LogP contribution in [0, 0.1) is 0 Å². The predicted octanol–water partition coefficient (Wildman–Crippen LogP) is 1.82. The molecule has 3 heteroatoms. The minimum atomic E-state index is -0.834. The first-order chi connectivity index (χ1) is 7.02. The summed E-state index contributed by atoms with van der Waals surface area (Å²) in [6, 6.07) is 0.258. The molecule has 0 radical (unpaired) electrons. The van der Waals surface area contributed by atoms with Crippen molar-refractivity contribution in [2.75, 3.05) is 7.05 Å². The Labute approximate surface area is 92.5 Å². The maximum atomic E-state index is 9.75. The highest BCUT2D eigenvalue weighted by molar-refractivity contribution is 4.99. The van der Waals surface area contributed by atoms with E-state index in [9.17, 15) is 5.11 Å². The quantitative estimate of drug-likeness (QED) is 0.540. The Hall–Kier alpha value is -0.380. The van der Waals surface area contributed by atoms with Crippen molar-refractivity contribution in [1.82, 2.24) is 5.32 Å². The van der Waals surface area contributed by atoms with E-state index in [4.69, 9.17) is 4.74 Å². The average Bonchev–Trinajstić information content (AvgIpc) is 2.66. The Bertz CT molecular complexity index is 222. The molecule has 3 nitrogen and oxygen atoms in total. The fourth-order valence-electron chi connectivity index (χ4n) is 2.21. The highest BCUT2D eigenvalue weighted by atomic mass is 16.6. The lowest BCUT2D eigenvalue weighted by atomic mass is 9.93. The van der Waals surface area contributed by atoms with Crippen molar-refractivity contribution in [3.63, 3.8) is 0 Å². The van der Waals surface area contributed by atoms with Crippen LogP contribution in [0.15, 0.2) is 12.2 Å². The van der Waals surface area contributed by atoms with Gasteiger partial charge in [0, 0.05) is 6.04 Å². The van der Waals surface area contributed by atoms with Crippen LogP contribution in [0.4, 0.5) is 0 Å². The summed E-state index contributed by atoms with van der Waals surface area (Å²) in [6.07, 6.45) is 3.54. The molecule has 2 unspecified atom stereocenters. The highest BCUT2D eigenvalue weighted by Crippen LogP contribution is 2.37. The third-order valence-corrected chi connectivity index (χ3v) is 3.44. The fourth-order valence-corrected chi connectivity index (χ4v) is 2.21. The van der Waals surface area contributed by atoms with Gasteiger partial charge in [0.15, 0.2) is 6.29 Å². The van der Waals surface area contributed by atoms with Crippen LogP contribution in [-0.4, -0.2) is 30.1 Å². The molecule has 1 rings (SSSR count). The van der Waals surface area contributed by atoms with Crippen molar-refractivity contribution >= 4 is 0 Å². The van der Waals surface area contributed by atoms with Crippen molar-refractivity contribution < 1.29 is 9.84 Å². The normalized spacial score (nSPS) is 23.7. The number of ether oxygens (including phenoxy) is 1. The van der Waals surface area contributed by atoms with Gasteiger partial charge in [0.25, 0.3) is 0 Å². The topological polar surface area (TPSA) is 41.5 Å². The third-order valence-electron chi connectivity index (χ3n) is 3.44. The lowest BCUT2D eigenvalue weighted by Gasteiger charge is -2.37. The number of likely N-dealkylation sites (N-methyl/N-ethyl adjacent to an activating group) is 1. The molecular weight excluding hydrogens is 190 g/mol. The van der Waals surface area contributed by atoms with Gasteiger partial charge >= 0.3 is 0 Å². The molecule has 2 atom stereocenters. The third kappa shape index (κ3) is 2.80. The maximum Gasteiger partial charge on any atom is 0.177 e. The van der Waals surface area contributed by atoms with E-state index in [1.165, 1.54) is 12.8 Å². The second-order valence-corrected chi connectivity index (χ2v) is 4.60. The van der Waals surface area contributed by atoms with Crippen LogP contribution in [0.5, 0.6) is 0 Å². The molecule has 0 aromatic carbocycles. The van der Waals surface area contributed by atoms with Crippen LogP contribution in [-0.2, 0) is 4.74 Å². The summed E-state index contributed by atoms with van der Waals surface area (Å²) < 4.78 is 5.81. The molecule has 0 aliphatic heterocycles. The molecule has 1 aliphatic carbocycles. The van der Waals surface area contributed by atoms with Gasteiger partial charge in [-0.25, -0.2) is 0 Å². The summed E-state index contributed by atoms with van der Waals surface area (Å²) in [5.74, 6) is 0. The number of aliphatic hydroxyl groups is 1. The van der Waals surface area contributed by atoms with Crippen LogP contribution in [0.1, 0.15) is 39.5 Å². The lowest BCUT2D eigenvalue weighted by molar-refractivity contribution is -0.174. The Morgan fingerprint density at radius 2 is 2.00 bits per heavy atom. The monoisotopic (exact) mass is 213 g/mol. The maximum absolute atomic E-state index is 9.75. The zero-order chi connectivity index (χ0) is 11.5. The molecule has 0 aromatic heterocycles. The summed E-state index contributed by atoms with van der Waals surface area (Å²) in [5.41, 5.74) is 0.456. The smallest absolute Gasteiger partial charge is 0.177 e. The number of hydrogen-bond donors (Lipinski definition) is 2. The van der Waals surface area contributed by atoms with E-state index in [1.807, 2.05) is 7.05 Å². The molecule has 88 valence electrons. The number of aliphatic hydroxyl groups excluding tert-OH is 1. The van der Waals surface area contributed by atoms with Crippen LogP contribution in [0.25, 0.3) is 0 Å². The molecule has 0 spiro atoms. The van der Waals surface area contributed by atoms with Gasteiger partial charge in [-0.1, -0.05) is 19.4 Å². The number of rotatable bonds is 5. The molecule has 2 N–H and O–H groups in total. The van der Waals surface area contributed by atoms with Crippen molar-refractivity contribution in [1.29, 1.82) is 0 Å². The zero-order valence-corrected chi connectivity index (χ0v) is 10.0. The van der Waals surface area contributed by atoms with Gasteiger partial charge in [0.05, 0.1) is 5.60 Å². The number of nitrogens with one attached hydrogen (secondary N) is 1. The van der Waals surface area contributed by atoms with Gasteiger partial charge in [-0.3, -0.25) is 0 Å². The summed E-state index contributed by atoms with van der Waals surface area (Å²) in [4.78, 5) is 0. The second kappa shape index (κ2) is 5.10. The molecular formula is C12H23NO2. The van der Waals surface area contributed by atoms with E-state index in [0.717, 1.165) is 12.8 Å². The standard InChI is InChI=1S/C12H23NO2/c1-9(2)11(14)15-12(10(3)13-4)7-5-6-8-12/h10-11,13-14H,1,5-8H2,2-4H3. The second-order valence-electron chi connectivity index (χ2n) is 4.60. The molecule has 15 heavy (non-hydrogen) atoms. The summed E-state index contributed by atoms with van der Waals surface area (Å²) in [6.45, 7) is 7.61. The average molecular weight is 213 g/mol. The largest absolute Gasteiger partial charge is 0.364 e. The zero-order valence-electron chi connectivity index (χ0n) is 10.0.